The normalized spacial score (nSPS) is 17.2. The van der Waals surface area contributed by atoms with E-state index in [1.54, 1.807) is 0 Å². The van der Waals surface area contributed by atoms with Gasteiger partial charge in [0.2, 0.25) is 0 Å². The third-order valence-electron chi connectivity index (χ3n) is 4.78. The van der Waals surface area contributed by atoms with E-state index in [1.165, 1.54) is 21.2 Å². The lowest BCUT2D eigenvalue weighted by Crippen LogP contribution is -2.46. The predicted molar refractivity (Wildman–Crippen MR) is 110 cm³/mol. The Bertz CT molecular complexity index is 839. The van der Waals surface area contributed by atoms with E-state index in [9.17, 15) is 0 Å². The second-order valence-corrected chi connectivity index (χ2v) is 7.82. The topological polar surface area (TPSA) is 32.5 Å². The Balaban J connectivity index is 1.86. The van der Waals surface area contributed by atoms with Crippen LogP contribution in [0.3, 0.4) is 0 Å². The summed E-state index contributed by atoms with van der Waals surface area (Å²) in [7, 11) is 0. The van der Waals surface area contributed by atoms with Crippen molar-refractivity contribution in [2.75, 3.05) is 18.0 Å². The lowest BCUT2D eigenvalue weighted by Gasteiger charge is -2.42. The van der Waals surface area contributed by atoms with Crippen LogP contribution in [0.1, 0.15) is 18.9 Å². The van der Waals surface area contributed by atoms with Gasteiger partial charge in [-0.25, -0.2) is 0 Å². The Morgan fingerprint density at radius 1 is 1.12 bits per heavy atom. The largest absolute Gasteiger partial charge is 0.389 e. The van der Waals surface area contributed by atoms with Gasteiger partial charge in [-0.05, 0) is 30.7 Å². The zero-order valence-corrected chi connectivity index (χ0v) is 15.8. The highest BCUT2D eigenvalue weighted by Gasteiger charge is 2.32. The van der Waals surface area contributed by atoms with Crippen LogP contribution in [0.4, 0.5) is 11.4 Å². The molecule has 4 rings (SSSR count). The molecule has 25 heavy (non-hydrogen) atoms. The maximum Gasteiger partial charge on any atom is 0.104 e. The first-order chi connectivity index (χ1) is 12.2. The zero-order chi connectivity index (χ0) is 17.4. The summed E-state index contributed by atoms with van der Waals surface area (Å²) in [5, 5.41) is 0. The summed E-state index contributed by atoms with van der Waals surface area (Å²) >= 11 is 7.03. The van der Waals surface area contributed by atoms with Crippen LogP contribution in [0.5, 0.6) is 0 Å². The first-order valence-electron chi connectivity index (χ1n) is 8.58. The number of hydrogen-bond acceptors (Lipinski definition) is 4. The second-order valence-electron chi connectivity index (χ2n) is 6.30. The molecule has 3 nitrogen and oxygen atoms in total. The minimum atomic E-state index is 0.303. The van der Waals surface area contributed by atoms with E-state index in [1.807, 2.05) is 17.8 Å². The fourth-order valence-electron chi connectivity index (χ4n) is 3.60. The van der Waals surface area contributed by atoms with Crippen LogP contribution in [0.2, 0.25) is 0 Å². The minimum Gasteiger partial charge on any atom is -0.389 e. The highest BCUT2D eigenvalue weighted by atomic mass is 32.2. The molecule has 0 aliphatic carbocycles. The number of nitrogens with two attached hydrogens (primary N) is 1. The van der Waals surface area contributed by atoms with Gasteiger partial charge in [-0.3, -0.25) is 4.90 Å². The molecule has 1 unspecified atom stereocenters. The molecule has 0 saturated heterocycles. The molecule has 2 heterocycles. The van der Waals surface area contributed by atoms with Gasteiger partial charge in [0.05, 0.1) is 17.5 Å². The summed E-state index contributed by atoms with van der Waals surface area (Å²) in [5.74, 6) is 0. The van der Waals surface area contributed by atoms with Crippen molar-refractivity contribution in [1.29, 1.82) is 0 Å². The third kappa shape index (κ3) is 2.97. The Labute approximate surface area is 158 Å². The molecule has 1 atom stereocenters. The van der Waals surface area contributed by atoms with E-state index in [0.717, 1.165) is 25.1 Å². The second kappa shape index (κ2) is 6.83. The van der Waals surface area contributed by atoms with Crippen molar-refractivity contribution in [3.8, 4) is 0 Å². The van der Waals surface area contributed by atoms with E-state index in [4.69, 9.17) is 18.0 Å². The quantitative estimate of drug-likeness (QED) is 0.634. The monoisotopic (exact) mass is 367 g/mol. The van der Waals surface area contributed by atoms with Gasteiger partial charge in [0.25, 0.3) is 0 Å². The number of para-hydroxylation sites is 1. The minimum absolute atomic E-state index is 0.303. The number of rotatable bonds is 4. The van der Waals surface area contributed by atoms with Crippen LogP contribution in [-0.2, 0) is 0 Å². The van der Waals surface area contributed by atoms with Crippen LogP contribution in [0.25, 0.3) is 0 Å². The van der Waals surface area contributed by atoms with Crippen LogP contribution in [0, 0.1) is 0 Å². The van der Waals surface area contributed by atoms with Gasteiger partial charge in [0.1, 0.15) is 4.99 Å². The number of fused-ring (bicyclic) bond motifs is 2. The van der Waals surface area contributed by atoms with Crippen molar-refractivity contribution in [2.24, 2.45) is 5.73 Å². The summed E-state index contributed by atoms with van der Waals surface area (Å²) in [5.41, 5.74) is 9.29. The number of nitrogens with zero attached hydrogens (tertiary/aromatic N) is 2. The average molecular weight is 368 g/mol. The van der Waals surface area contributed by atoms with Gasteiger partial charge in [0.15, 0.2) is 0 Å². The summed E-state index contributed by atoms with van der Waals surface area (Å²) < 4.78 is 0. The summed E-state index contributed by atoms with van der Waals surface area (Å²) in [6, 6.07) is 15.0. The molecular formula is C20H21N3S2. The predicted octanol–water partition coefficient (Wildman–Crippen LogP) is 4.53. The van der Waals surface area contributed by atoms with Crippen molar-refractivity contribution in [3.05, 3.63) is 60.2 Å². The number of benzene rings is 2. The zero-order valence-electron chi connectivity index (χ0n) is 14.2. The molecule has 2 aliphatic rings. The van der Waals surface area contributed by atoms with Crippen molar-refractivity contribution in [2.45, 2.75) is 29.3 Å². The third-order valence-corrected chi connectivity index (χ3v) is 6.14. The van der Waals surface area contributed by atoms with E-state index in [0.29, 0.717) is 11.2 Å². The smallest absolute Gasteiger partial charge is 0.104 e. The molecule has 128 valence electrons. The van der Waals surface area contributed by atoms with Crippen molar-refractivity contribution < 1.29 is 0 Å². The van der Waals surface area contributed by atoms with Crippen LogP contribution in [0.15, 0.2) is 64.4 Å². The van der Waals surface area contributed by atoms with Crippen molar-refractivity contribution in [3.63, 3.8) is 0 Å². The Kier molecular flexibility index (Phi) is 4.54. The molecule has 0 aromatic heterocycles. The fourth-order valence-corrected chi connectivity index (χ4v) is 4.78. The number of hydrogen-bond donors (Lipinski definition) is 1. The van der Waals surface area contributed by atoms with Gasteiger partial charge >= 0.3 is 0 Å². The van der Waals surface area contributed by atoms with Crippen LogP contribution >= 0.6 is 24.0 Å². The SMILES string of the molecule is CCC(N1CC=CC1)N1c2ccccc2Sc2ccc(C(N)=S)cc21. The summed E-state index contributed by atoms with van der Waals surface area (Å²) in [6.45, 7) is 4.24. The van der Waals surface area contributed by atoms with Crippen molar-refractivity contribution in [1.82, 2.24) is 4.90 Å². The maximum absolute atomic E-state index is 5.90. The molecule has 0 fully saturated rings. The molecule has 2 aromatic rings. The first-order valence-corrected chi connectivity index (χ1v) is 9.80. The Morgan fingerprint density at radius 3 is 2.56 bits per heavy atom. The molecule has 2 aromatic carbocycles. The molecule has 5 heteroatoms. The molecule has 2 N–H and O–H groups in total. The number of anilines is 2. The molecule has 0 radical (unpaired) electrons. The highest BCUT2D eigenvalue weighted by molar-refractivity contribution is 7.99. The molecule has 0 spiro atoms. The molecule has 0 saturated carbocycles. The molecule has 2 aliphatic heterocycles. The van der Waals surface area contributed by atoms with E-state index in [2.05, 4.69) is 65.3 Å². The number of thiocarbonyl (C=S) groups is 1. The van der Waals surface area contributed by atoms with Crippen LogP contribution in [-0.4, -0.2) is 29.1 Å². The van der Waals surface area contributed by atoms with E-state index in [-0.39, 0.29) is 0 Å². The molecular weight excluding hydrogens is 346 g/mol. The highest BCUT2D eigenvalue weighted by Crippen LogP contribution is 2.49. The van der Waals surface area contributed by atoms with Gasteiger partial charge in [-0.15, -0.1) is 0 Å². The fraction of sp³-hybridized carbons (Fsp3) is 0.250. The van der Waals surface area contributed by atoms with Gasteiger partial charge in [-0.2, -0.15) is 0 Å². The average Bonchev–Trinajstić information content (AvgIpc) is 3.15. The molecule has 0 amide bonds. The standard InChI is InChI=1S/C20H21N3S2/c1-2-19(22-11-5-6-12-22)23-15-7-3-4-8-17(15)25-18-10-9-14(20(21)24)13-16(18)23/h3-10,13,19H,2,11-12H2,1H3,(H2,21,24). The Morgan fingerprint density at radius 2 is 1.84 bits per heavy atom. The summed E-state index contributed by atoms with van der Waals surface area (Å²) in [6.07, 6.45) is 5.84. The molecule has 0 bridgehead atoms. The maximum atomic E-state index is 5.90. The van der Waals surface area contributed by atoms with Crippen molar-refractivity contribution >= 4 is 40.3 Å². The van der Waals surface area contributed by atoms with Gasteiger partial charge in [0, 0.05) is 28.4 Å². The summed E-state index contributed by atoms with van der Waals surface area (Å²) in [4.78, 5) is 7.97. The first kappa shape index (κ1) is 16.6. The lowest BCUT2D eigenvalue weighted by molar-refractivity contribution is 0.248. The van der Waals surface area contributed by atoms with Gasteiger partial charge in [-0.1, -0.05) is 61.3 Å². The lowest BCUT2D eigenvalue weighted by atomic mass is 10.1. The Hall–Kier alpha value is -1.82. The van der Waals surface area contributed by atoms with Gasteiger partial charge < -0.3 is 10.6 Å². The van der Waals surface area contributed by atoms with E-state index < -0.39 is 0 Å². The van der Waals surface area contributed by atoms with E-state index >= 15 is 0 Å². The van der Waals surface area contributed by atoms with Crippen LogP contribution < -0.4 is 10.6 Å².